The normalized spacial score (nSPS) is 10.5. The molecule has 0 aliphatic heterocycles. The number of aryl methyl sites for hydroxylation is 3. The van der Waals surface area contributed by atoms with Crippen LogP contribution in [0.3, 0.4) is 0 Å². The summed E-state index contributed by atoms with van der Waals surface area (Å²) in [5.74, 6) is 2.64. The minimum absolute atomic E-state index is 0.693. The summed E-state index contributed by atoms with van der Waals surface area (Å²) in [6.45, 7) is 9.52. The Morgan fingerprint density at radius 2 is 1.90 bits per heavy atom. The van der Waals surface area contributed by atoms with Crippen LogP contribution in [0, 0.1) is 13.8 Å². The molecule has 21 heavy (non-hydrogen) atoms. The van der Waals surface area contributed by atoms with E-state index in [4.69, 9.17) is 4.74 Å². The van der Waals surface area contributed by atoms with Crippen LogP contribution in [0.5, 0.6) is 5.75 Å². The summed E-state index contributed by atoms with van der Waals surface area (Å²) in [6, 6.07) is 8.26. The molecule has 0 fully saturated rings. The van der Waals surface area contributed by atoms with E-state index in [1.807, 2.05) is 26.0 Å². The Balaban J connectivity index is 2.06. The second-order valence-electron chi connectivity index (χ2n) is 5.03. The maximum absolute atomic E-state index is 5.56. The van der Waals surface area contributed by atoms with E-state index in [9.17, 15) is 0 Å². The molecule has 1 N–H and O–H groups in total. The third kappa shape index (κ3) is 4.18. The lowest BCUT2D eigenvalue weighted by molar-refractivity contribution is 0.338. The summed E-state index contributed by atoms with van der Waals surface area (Å²) in [5.41, 5.74) is 3.43. The predicted octanol–water partition coefficient (Wildman–Crippen LogP) is 3.67. The van der Waals surface area contributed by atoms with E-state index >= 15 is 0 Å². The zero-order chi connectivity index (χ0) is 15.2. The van der Waals surface area contributed by atoms with Crippen molar-refractivity contribution in [1.82, 2.24) is 9.97 Å². The zero-order valence-corrected chi connectivity index (χ0v) is 13.2. The molecule has 4 nitrogen and oxygen atoms in total. The molecule has 0 aliphatic carbocycles. The highest BCUT2D eigenvalue weighted by atomic mass is 16.5. The molecule has 2 aromatic rings. The first-order chi connectivity index (χ1) is 10.1. The number of nitrogens with zero attached hydrogens (tertiary/aromatic N) is 2. The Labute approximate surface area is 126 Å². The average Bonchev–Trinajstić information content (AvgIpc) is 2.47. The molecular weight excluding hydrogens is 262 g/mol. The second kappa shape index (κ2) is 7.07. The molecule has 0 atom stereocenters. The van der Waals surface area contributed by atoms with E-state index in [0.717, 1.165) is 41.6 Å². The summed E-state index contributed by atoms with van der Waals surface area (Å²) >= 11 is 0. The topological polar surface area (TPSA) is 47.0 Å². The molecule has 1 aromatic carbocycles. The third-order valence-corrected chi connectivity index (χ3v) is 3.27. The van der Waals surface area contributed by atoms with Gasteiger partial charge in [-0.2, -0.15) is 0 Å². The number of nitrogens with one attached hydrogen (secondary N) is 1. The lowest BCUT2D eigenvalue weighted by atomic mass is 10.1. The number of hydrogen-bond donors (Lipinski definition) is 1. The molecule has 2 rings (SSSR count). The van der Waals surface area contributed by atoms with Crippen molar-refractivity contribution in [2.45, 2.75) is 40.7 Å². The first-order valence-corrected chi connectivity index (χ1v) is 7.43. The van der Waals surface area contributed by atoms with E-state index < -0.39 is 0 Å². The Hall–Kier alpha value is -2.10. The molecule has 0 saturated heterocycles. The van der Waals surface area contributed by atoms with E-state index in [1.54, 1.807) is 0 Å². The van der Waals surface area contributed by atoms with Gasteiger partial charge in [-0.15, -0.1) is 0 Å². The van der Waals surface area contributed by atoms with E-state index in [1.165, 1.54) is 5.56 Å². The lowest BCUT2D eigenvalue weighted by Crippen LogP contribution is -2.05. The monoisotopic (exact) mass is 285 g/mol. The van der Waals surface area contributed by atoms with Crippen molar-refractivity contribution in [3.8, 4) is 5.75 Å². The van der Waals surface area contributed by atoms with Crippen LogP contribution in [0.4, 0.5) is 5.82 Å². The molecule has 1 aromatic heterocycles. The lowest BCUT2D eigenvalue weighted by Gasteiger charge is -2.11. The van der Waals surface area contributed by atoms with Gasteiger partial charge in [-0.25, -0.2) is 9.97 Å². The van der Waals surface area contributed by atoms with Crippen LogP contribution in [0.2, 0.25) is 0 Å². The molecule has 0 amide bonds. The predicted molar refractivity (Wildman–Crippen MR) is 85.8 cm³/mol. The summed E-state index contributed by atoms with van der Waals surface area (Å²) in [6.07, 6.45) is 0.917. The fourth-order valence-electron chi connectivity index (χ4n) is 2.23. The van der Waals surface area contributed by atoms with Gasteiger partial charge >= 0.3 is 0 Å². The van der Waals surface area contributed by atoms with Crippen LogP contribution in [-0.4, -0.2) is 16.6 Å². The first kappa shape index (κ1) is 15.3. The summed E-state index contributed by atoms with van der Waals surface area (Å²) in [4.78, 5) is 8.81. The smallest absolute Gasteiger partial charge is 0.130 e. The van der Waals surface area contributed by atoms with Gasteiger partial charge in [0.1, 0.15) is 17.4 Å². The average molecular weight is 285 g/mol. The van der Waals surface area contributed by atoms with Crippen LogP contribution in [0.1, 0.15) is 36.5 Å². The SMILES string of the molecule is CCOc1ccc(CNc2cc(CC)nc(C)n2)cc1C. The molecule has 0 unspecified atom stereocenters. The maximum atomic E-state index is 5.56. The second-order valence-corrected chi connectivity index (χ2v) is 5.03. The molecule has 0 radical (unpaired) electrons. The Bertz CT molecular complexity index is 611. The van der Waals surface area contributed by atoms with Gasteiger partial charge in [0.2, 0.25) is 0 Å². The fraction of sp³-hybridized carbons (Fsp3) is 0.412. The molecule has 0 spiro atoms. The highest BCUT2D eigenvalue weighted by molar-refractivity contribution is 5.40. The summed E-state index contributed by atoms with van der Waals surface area (Å²) in [5, 5.41) is 3.36. The van der Waals surface area contributed by atoms with E-state index in [-0.39, 0.29) is 0 Å². The standard InChI is InChI=1S/C17H23N3O/c1-5-15-10-17(20-13(4)19-15)18-11-14-7-8-16(21-6-2)12(3)9-14/h7-10H,5-6,11H2,1-4H3,(H,18,19,20). The first-order valence-electron chi connectivity index (χ1n) is 7.43. The molecule has 0 aliphatic rings. The quantitative estimate of drug-likeness (QED) is 0.879. The molecule has 0 saturated carbocycles. The number of rotatable bonds is 6. The number of ether oxygens (including phenoxy) is 1. The van der Waals surface area contributed by atoms with Crippen molar-refractivity contribution in [2.75, 3.05) is 11.9 Å². The van der Waals surface area contributed by atoms with Gasteiger partial charge in [0.05, 0.1) is 6.61 Å². The zero-order valence-electron chi connectivity index (χ0n) is 13.2. The molecule has 112 valence electrons. The van der Waals surface area contributed by atoms with Gasteiger partial charge in [0.25, 0.3) is 0 Å². The van der Waals surface area contributed by atoms with Gasteiger partial charge < -0.3 is 10.1 Å². The summed E-state index contributed by atoms with van der Waals surface area (Å²) in [7, 11) is 0. The highest BCUT2D eigenvalue weighted by Crippen LogP contribution is 2.19. The number of benzene rings is 1. The Kier molecular flexibility index (Phi) is 5.14. The van der Waals surface area contributed by atoms with Crippen molar-refractivity contribution in [1.29, 1.82) is 0 Å². The van der Waals surface area contributed by atoms with E-state index in [0.29, 0.717) is 6.61 Å². The number of anilines is 1. The molecule has 1 heterocycles. The van der Waals surface area contributed by atoms with Crippen LogP contribution >= 0.6 is 0 Å². The minimum Gasteiger partial charge on any atom is -0.494 e. The third-order valence-electron chi connectivity index (χ3n) is 3.27. The largest absolute Gasteiger partial charge is 0.494 e. The van der Waals surface area contributed by atoms with Crippen LogP contribution < -0.4 is 10.1 Å². The van der Waals surface area contributed by atoms with Crippen LogP contribution in [0.25, 0.3) is 0 Å². The van der Waals surface area contributed by atoms with Crippen molar-refractivity contribution < 1.29 is 4.74 Å². The van der Waals surface area contributed by atoms with Crippen LogP contribution in [0.15, 0.2) is 24.3 Å². The van der Waals surface area contributed by atoms with Gasteiger partial charge in [0, 0.05) is 18.3 Å². The maximum Gasteiger partial charge on any atom is 0.130 e. The Morgan fingerprint density at radius 1 is 1.10 bits per heavy atom. The van der Waals surface area contributed by atoms with Gasteiger partial charge in [-0.05, 0) is 44.4 Å². The minimum atomic E-state index is 0.693. The fourth-order valence-corrected chi connectivity index (χ4v) is 2.23. The highest BCUT2D eigenvalue weighted by Gasteiger charge is 2.03. The molecular formula is C17H23N3O. The Morgan fingerprint density at radius 3 is 2.57 bits per heavy atom. The summed E-state index contributed by atoms with van der Waals surface area (Å²) < 4.78 is 5.56. The van der Waals surface area contributed by atoms with Gasteiger partial charge in [-0.1, -0.05) is 19.1 Å². The van der Waals surface area contributed by atoms with E-state index in [2.05, 4.69) is 41.3 Å². The molecule has 4 heteroatoms. The van der Waals surface area contributed by atoms with Crippen LogP contribution in [-0.2, 0) is 13.0 Å². The molecule has 0 bridgehead atoms. The van der Waals surface area contributed by atoms with Crippen molar-refractivity contribution in [2.24, 2.45) is 0 Å². The van der Waals surface area contributed by atoms with Gasteiger partial charge in [0.15, 0.2) is 0 Å². The van der Waals surface area contributed by atoms with Crippen molar-refractivity contribution >= 4 is 5.82 Å². The van der Waals surface area contributed by atoms with Crippen molar-refractivity contribution in [3.63, 3.8) is 0 Å². The number of aromatic nitrogens is 2. The number of hydrogen-bond acceptors (Lipinski definition) is 4. The van der Waals surface area contributed by atoms with Gasteiger partial charge in [-0.3, -0.25) is 0 Å². The van der Waals surface area contributed by atoms with Crippen molar-refractivity contribution in [3.05, 3.63) is 46.9 Å².